The molecule has 0 saturated carbocycles. The van der Waals surface area contributed by atoms with Crippen LogP contribution in [0.15, 0.2) is 60.8 Å². The zero-order valence-electron chi connectivity index (χ0n) is 15.2. The van der Waals surface area contributed by atoms with E-state index in [0.29, 0.717) is 18.5 Å². The van der Waals surface area contributed by atoms with E-state index in [1.165, 1.54) is 24.4 Å². The number of hydrogen-bond acceptors (Lipinski definition) is 4. The lowest BCUT2D eigenvalue weighted by atomic mass is 10.1. The number of anilines is 2. The third kappa shape index (κ3) is 4.82. The molecule has 0 aliphatic heterocycles. The summed E-state index contributed by atoms with van der Waals surface area (Å²) in [7, 11) is 1.60. The van der Waals surface area contributed by atoms with Crippen LogP contribution < -0.4 is 15.4 Å². The highest BCUT2D eigenvalue weighted by atomic mass is 19.1. The van der Waals surface area contributed by atoms with E-state index in [0.717, 1.165) is 23.4 Å². The number of hydrogen-bond donors (Lipinski definition) is 2. The minimum absolute atomic E-state index is 0.171. The predicted octanol–water partition coefficient (Wildman–Crippen LogP) is 4.08. The van der Waals surface area contributed by atoms with Crippen LogP contribution in [0.4, 0.5) is 20.3 Å². The molecule has 0 saturated heterocycles. The Labute approximate surface area is 161 Å². The molecule has 0 radical (unpaired) electrons. The fourth-order valence-electron chi connectivity index (χ4n) is 2.64. The summed E-state index contributed by atoms with van der Waals surface area (Å²) >= 11 is 0. The molecular formula is C21H19F2N3O2. The maximum absolute atomic E-state index is 13.8. The molecule has 28 heavy (non-hydrogen) atoms. The highest BCUT2D eigenvalue weighted by Crippen LogP contribution is 2.22. The summed E-state index contributed by atoms with van der Waals surface area (Å²) in [6, 6.07) is 14.1. The van der Waals surface area contributed by atoms with Gasteiger partial charge in [0.05, 0.1) is 7.11 Å². The molecule has 7 heteroatoms. The Balaban J connectivity index is 1.62. The van der Waals surface area contributed by atoms with Crippen LogP contribution in [0.2, 0.25) is 0 Å². The van der Waals surface area contributed by atoms with Crippen LogP contribution in [0.25, 0.3) is 0 Å². The Morgan fingerprint density at radius 3 is 2.57 bits per heavy atom. The summed E-state index contributed by atoms with van der Waals surface area (Å²) in [6.07, 6.45) is 2.04. The smallest absolute Gasteiger partial charge is 0.251 e. The van der Waals surface area contributed by atoms with E-state index < -0.39 is 11.6 Å². The highest BCUT2D eigenvalue weighted by Gasteiger charge is 2.11. The molecule has 5 nitrogen and oxygen atoms in total. The zero-order valence-corrected chi connectivity index (χ0v) is 15.2. The van der Waals surface area contributed by atoms with Gasteiger partial charge in [-0.3, -0.25) is 4.79 Å². The summed E-state index contributed by atoms with van der Waals surface area (Å²) in [5.74, 6) is -0.856. The minimum Gasteiger partial charge on any atom is -0.497 e. The lowest BCUT2D eigenvalue weighted by molar-refractivity contribution is 0.0954. The normalized spacial score (nSPS) is 10.4. The molecule has 2 aromatic carbocycles. The predicted molar refractivity (Wildman–Crippen MR) is 103 cm³/mol. The number of aromatic nitrogens is 1. The van der Waals surface area contributed by atoms with Crippen molar-refractivity contribution in [3.63, 3.8) is 0 Å². The Morgan fingerprint density at radius 2 is 1.82 bits per heavy atom. The average molecular weight is 383 g/mol. The largest absolute Gasteiger partial charge is 0.497 e. The first-order valence-corrected chi connectivity index (χ1v) is 8.65. The lowest BCUT2D eigenvalue weighted by Crippen LogP contribution is -2.25. The Hall–Kier alpha value is -3.48. The van der Waals surface area contributed by atoms with Gasteiger partial charge in [-0.2, -0.15) is 0 Å². The van der Waals surface area contributed by atoms with Gasteiger partial charge < -0.3 is 15.4 Å². The van der Waals surface area contributed by atoms with Crippen LogP contribution in [-0.4, -0.2) is 24.5 Å². The number of methoxy groups -OCH3 is 1. The van der Waals surface area contributed by atoms with E-state index in [1.54, 1.807) is 7.11 Å². The fraction of sp³-hybridized carbons (Fsp3) is 0.143. The van der Waals surface area contributed by atoms with Gasteiger partial charge in [-0.05, 0) is 48.4 Å². The Bertz CT molecular complexity index is 959. The van der Waals surface area contributed by atoms with Crippen molar-refractivity contribution in [1.29, 1.82) is 0 Å². The fourth-order valence-corrected chi connectivity index (χ4v) is 2.64. The number of ether oxygens (including phenoxy) is 1. The van der Waals surface area contributed by atoms with Crippen molar-refractivity contribution in [2.45, 2.75) is 6.42 Å². The summed E-state index contributed by atoms with van der Waals surface area (Å²) < 4.78 is 32.7. The molecule has 3 aromatic rings. The van der Waals surface area contributed by atoms with Crippen LogP contribution in [0.3, 0.4) is 0 Å². The second-order valence-corrected chi connectivity index (χ2v) is 6.01. The molecule has 0 fully saturated rings. The lowest BCUT2D eigenvalue weighted by Gasteiger charge is -2.10. The molecule has 144 valence electrons. The molecule has 3 rings (SSSR count). The van der Waals surface area contributed by atoms with Crippen molar-refractivity contribution in [1.82, 2.24) is 10.3 Å². The van der Waals surface area contributed by atoms with E-state index in [9.17, 15) is 13.6 Å². The van der Waals surface area contributed by atoms with Crippen LogP contribution in [-0.2, 0) is 6.42 Å². The minimum atomic E-state index is -0.741. The van der Waals surface area contributed by atoms with Gasteiger partial charge in [0.1, 0.15) is 28.9 Å². The number of amides is 1. The number of nitrogens with one attached hydrogen (secondary N) is 2. The zero-order chi connectivity index (χ0) is 19.9. The molecule has 0 aliphatic carbocycles. The molecule has 0 aliphatic rings. The first-order valence-electron chi connectivity index (χ1n) is 8.65. The quantitative estimate of drug-likeness (QED) is 0.645. The van der Waals surface area contributed by atoms with Crippen molar-refractivity contribution in [3.8, 4) is 5.75 Å². The van der Waals surface area contributed by atoms with Crippen molar-refractivity contribution >= 4 is 17.4 Å². The summed E-state index contributed by atoms with van der Waals surface area (Å²) in [5.41, 5.74) is 1.05. The first kappa shape index (κ1) is 19.3. The van der Waals surface area contributed by atoms with Gasteiger partial charge in [0.25, 0.3) is 5.91 Å². The number of carbonyl (C=O) groups excluding carboxylic acids is 1. The van der Waals surface area contributed by atoms with Gasteiger partial charge in [0.2, 0.25) is 0 Å². The maximum atomic E-state index is 13.8. The van der Waals surface area contributed by atoms with Gasteiger partial charge >= 0.3 is 0 Å². The van der Waals surface area contributed by atoms with E-state index in [4.69, 9.17) is 4.74 Å². The molecule has 1 heterocycles. The summed E-state index contributed by atoms with van der Waals surface area (Å²) in [4.78, 5) is 16.4. The second-order valence-electron chi connectivity index (χ2n) is 6.01. The number of halogens is 2. The van der Waals surface area contributed by atoms with Crippen LogP contribution >= 0.6 is 0 Å². The number of nitrogens with zero attached hydrogens (tertiary/aromatic N) is 1. The standard InChI is InChI=1S/C21H19F2N3O2/c1-28-16-5-2-4-14(12-16)8-10-25-21(27)15-9-11-24-19(13-15)26-20-17(22)6-3-7-18(20)23/h2-7,9,11-13H,8,10H2,1H3,(H,24,26)(H,25,27). The topological polar surface area (TPSA) is 63.2 Å². The van der Waals surface area contributed by atoms with Gasteiger partial charge in [0, 0.05) is 18.3 Å². The van der Waals surface area contributed by atoms with Crippen LogP contribution in [0.1, 0.15) is 15.9 Å². The van der Waals surface area contributed by atoms with Gasteiger partial charge in [-0.25, -0.2) is 13.8 Å². The third-order valence-electron chi connectivity index (χ3n) is 4.07. The van der Waals surface area contributed by atoms with Gasteiger partial charge in [-0.15, -0.1) is 0 Å². The first-order chi connectivity index (χ1) is 13.6. The third-order valence-corrected chi connectivity index (χ3v) is 4.07. The average Bonchev–Trinajstić information content (AvgIpc) is 2.71. The molecule has 0 bridgehead atoms. The summed E-state index contributed by atoms with van der Waals surface area (Å²) in [6.45, 7) is 0.430. The summed E-state index contributed by atoms with van der Waals surface area (Å²) in [5, 5.41) is 5.39. The Morgan fingerprint density at radius 1 is 1.07 bits per heavy atom. The molecule has 0 unspecified atom stereocenters. The van der Waals surface area contributed by atoms with Crippen molar-refractivity contribution in [3.05, 3.63) is 83.6 Å². The van der Waals surface area contributed by atoms with E-state index in [-0.39, 0.29) is 17.4 Å². The number of pyridine rings is 1. The van der Waals surface area contributed by atoms with E-state index >= 15 is 0 Å². The van der Waals surface area contributed by atoms with E-state index in [2.05, 4.69) is 15.6 Å². The molecule has 0 spiro atoms. The Kier molecular flexibility index (Phi) is 6.16. The van der Waals surface area contributed by atoms with Gasteiger partial charge in [-0.1, -0.05) is 18.2 Å². The van der Waals surface area contributed by atoms with Crippen LogP contribution in [0, 0.1) is 11.6 Å². The molecule has 2 N–H and O–H groups in total. The number of rotatable bonds is 7. The van der Waals surface area contributed by atoms with Crippen LogP contribution in [0.5, 0.6) is 5.75 Å². The van der Waals surface area contributed by atoms with Crippen molar-refractivity contribution in [2.75, 3.05) is 19.0 Å². The molecule has 1 aromatic heterocycles. The number of para-hydroxylation sites is 1. The monoisotopic (exact) mass is 383 g/mol. The molecule has 0 atom stereocenters. The van der Waals surface area contributed by atoms with Crippen molar-refractivity contribution < 1.29 is 18.3 Å². The van der Waals surface area contributed by atoms with Gasteiger partial charge in [0.15, 0.2) is 0 Å². The van der Waals surface area contributed by atoms with Crippen molar-refractivity contribution in [2.24, 2.45) is 0 Å². The second kappa shape index (κ2) is 8.94. The van der Waals surface area contributed by atoms with E-state index in [1.807, 2.05) is 24.3 Å². The molecule has 1 amide bonds. The SMILES string of the molecule is COc1cccc(CCNC(=O)c2ccnc(Nc3c(F)cccc3F)c2)c1. The maximum Gasteiger partial charge on any atom is 0.251 e. The molecular weight excluding hydrogens is 364 g/mol. The number of benzene rings is 2. The highest BCUT2D eigenvalue weighted by molar-refractivity contribution is 5.94. The number of carbonyl (C=O) groups is 1.